The molecule has 0 spiro atoms. The van der Waals surface area contributed by atoms with Gasteiger partial charge in [-0.1, -0.05) is 12.1 Å². The van der Waals surface area contributed by atoms with Crippen molar-refractivity contribution in [2.75, 3.05) is 19.8 Å². The van der Waals surface area contributed by atoms with Crippen molar-refractivity contribution >= 4 is 17.5 Å². The second kappa shape index (κ2) is 8.48. The van der Waals surface area contributed by atoms with Crippen molar-refractivity contribution in [3.8, 4) is 5.75 Å². The smallest absolute Gasteiger partial charge is 0.336 e. The van der Waals surface area contributed by atoms with Gasteiger partial charge in [0.05, 0.1) is 18.1 Å². The van der Waals surface area contributed by atoms with E-state index in [2.05, 4.69) is 4.99 Å². The zero-order chi connectivity index (χ0) is 19.4. The van der Waals surface area contributed by atoms with Crippen LogP contribution < -0.4 is 0 Å². The molecule has 6 heteroatoms. The topological polar surface area (TPSA) is 85.2 Å². The largest absolute Gasteiger partial charge is 0.508 e. The van der Waals surface area contributed by atoms with E-state index in [4.69, 9.17) is 9.47 Å². The Balaban J connectivity index is 1.99. The first-order valence-electron chi connectivity index (χ1n) is 9.37. The van der Waals surface area contributed by atoms with Crippen molar-refractivity contribution in [2.24, 2.45) is 10.9 Å². The molecule has 1 fully saturated rings. The summed E-state index contributed by atoms with van der Waals surface area (Å²) < 4.78 is 10.6. The molecule has 1 N–H and O–H groups in total. The van der Waals surface area contributed by atoms with Gasteiger partial charge in [-0.05, 0) is 44.4 Å². The average molecular weight is 371 g/mol. The maximum absolute atomic E-state index is 12.8. The minimum atomic E-state index is -0.489. The summed E-state index contributed by atoms with van der Waals surface area (Å²) in [5.41, 5.74) is 2.51. The summed E-state index contributed by atoms with van der Waals surface area (Å²) in [4.78, 5) is 30.2. The van der Waals surface area contributed by atoms with E-state index in [1.165, 1.54) is 0 Å². The zero-order valence-electron chi connectivity index (χ0n) is 15.7. The Hall–Kier alpha value is -2.47. The van der Waals surface area contributed by atoms with Crippen molar-refractivity contribution in [1.29, 1.82) is 0 Å². The van der Waals surface area contributed by atoms with Gasteiger partial charge in [-0.3, -0.25) is 9.79 Å². The Morgan fingerprint density at radius 3 is 2.81 bits per heavy atom. The van der Waals surface area contributed by atoms with Gasteiger partial charge in [-0.2, -0.15) is 0 Å². The molecule has 0 amide bonds. The zero-order valence-corrected chi connectivity index (χ0v) is 15.7. The molecule has 1 saturated carbocycles. The van der Waals surface area contributed by atoms with Crippen molar-refractivity contribution < 1.29 is 24.2 Å². The number of nitrogens with zero attached hydrogens (tertiary/aromatic N) is 1. The highest BCUT2D eigenvalue weighted by molar-refractivity contribution is 6.11. The van der Waals surface area contributed by atoms with Crippen molar-refractivity contribution in [1.82, 2.24) is 0 Å². The molecule has 27 heavy (non-hydrogen) atoms. The monoisotopic (exact) mass is 371 g/mol. The third-order valence-corrected chi connectivity index (χ3v) is 5.02. The molecule has 6 nitrogen and oxygen atoms in total. The van der Waals surface area contributed by atoms with E-state index in [0.29, 0.717) is 30.9 Å². The van der Waals surface area contributed by atoms with Crippen LogP contribution in [0.2, 0.25) is 0 Å². The van der Waals surface area contributed by atoms with Crippen LogP contribution in [0.15, 0.2) is 40.5 Å². The maximum atomic E-state index is 12.8. The van der Waals surface area contributed by atoms with Crippen LogP contribution in [-0.4, -0.2) is 42.4 Å². The van der Waals surface area contributed by atoms with Gasteiger partial charge in [-0.15, -0.1) is 0 Å². The van der Waals surface area contributed by atoms with Gasteiger partial charge in [0.25, 0.3) is 0 Å². The third kappa shape index (κ3) is 4.11. The van der Waals surface area contributed by atoms with Crippen LogP contribution >= 0.6 is 0 Å². The van der Waals surface area contributed by atoms with E-state index < -0.39 is 17.8 Å². The molecule has 0 bridgehead atoms. The minimum absolute atomic E-state index is 0.0838. The summed E-state index contributed by atoms with van der Waals surface area (Å²) in [6.45, 7) is 4.67. The van der Waals surface area contributed by atoms with E-state index in [9.17, 15) is 14.7 Å². The Morgan fingerprint density at radius 1 is 1.26 bits per heavy atom. The van der Waals surface area contributed by atoms with Crippen LogP contribution in [0.1, 0.15) is 44.6 Å². The third-order valence-electron chi connectivity index (χ3n) is 5.02. The fourth-order valence-corrected chi connectivity index (χ4v) is 3.88. The van der Waals surface area contributed by atoms with Gasteiger partial charge in [-0.25, -0.2) is 4.79 Å². The number of phenolic OH excluding ortho intramolecular Hbond substituents is 1. The number of phenols is 1. The van der Waals surface area contributed by atoms with Crippen molar-refractivity contribution in [3.05, 3.63) is 41.1 Å². The minimum Gasteiger partial charge on any atom is -0.508 e. The molecule has 1 aliphatic heterocycles. The molecule has 2 unspecified atom stereocenters. The van der Waals surface area contributed by atoms with Crippen molar-refractivity contribution in [3.63, 3.8) is 0 Å². The van der Waals surface area contributed by atoms with E-state index >= 15 is 0 Å². The number of ether oxygens (including phenoxy) is 2. The number of benzene rings is 1. The second-order valence-electron chi connectivity index (χ2n) is 6.81. The number of fused-ring (bicyclic) bond motifs is 1. The molecule has 1 heterocycles. The van der Waals surface area contributed by atoms with E-state index in [-0.39, 0.29) is 18.1 Å². The second-order valence-corrected chi connectivity index (χ2v) is 6.81. The lowest BCUT2D eigenvalue weighted by molar-refractivity contribution is -0.141. The number of hydrogen-bond acceptors (Lipinski definition) is 6. The SMILES string of the molecule is CCOCCOC(=O)C1=C(C)N=C2CCCC(=O)C2C1c1cccc(O)c1. The highest BCUT2D eigenvalue weighted by Crippen LogP contribution is 2.43. The number of rotatable bonds is 6. The summed E-state index contributed by atoms with van der Waals surface area (Å²) in [7, 11) is 0. The number of carbonyl (C=O) groups is 2. The summed E-state index contributed by atoms with van der Waals surface area (Å²) in [5.74, 6) is -1.26. The van der Waals surface area contributed by atoms with Crippen LogP contribution in [0.4, 0.5) is 0 Å². The Morgan fingerprint density at radius 2 is 2.07 bits per heavy atom. The predicted molar refractivity (Wildman–Crippen MR) is 101 cm³/mol. The summed E-state index contributed by atoms with van der Waals surface area (Å²) in [6, 6.07) is 6.73. The fraction of sp³-hybridized carbons (Fsp3) is 0.476. The van der Waals surface area contributed by atoms with E-state index in [1.54, 1.807) is 25.1 Å². The molecule has 0 aromatic heterocycles. The molecule has 1 aromatic rings. The Labute approximate surface area is 158 Å². The first-order chi connectivity index (χ1) is 13.0. The number of esters is 1. The quantitative estimate of drug-likeness (QED) is 0.613. The molecule has 2 aliphatic rings. The maximum Gasteiger partial charge on any atom is 0.336 e. The summed E-state index contributed by atoms with van der Waals surface area (Å²) in [6.07, 6.45) is 2.00. The lowest BCUT2D eigenvalue weighted by Crippen LogP contribution is -2.39. The number of allylic oxidation sites excluding steroid dienone is 1. The molecule has 2 atom stereocenters. The first kappa shape index (κ1) is 19.3. The predicted octanol–water partition coefficient (Wildman–Crippen LogP) is 3.15. The van der Waals surface area contributed by atoms with Gasteiger partial charge in [0.15, 0.2) is 0 Å². The van der Waals surface area contributed by atoms with Gasteiger partial charge in [0.2, 0.25) is 0 Å². The van der Waals surface area contributed by atoms with Gasteiger partial charge < -0.3 is 14.6 Å². The van der Waals surface area contributed by atoms with Crippen LogP contribution in [0.25, 0.3) is 0 Å². The van der Waals surface area contributed by atoms with Crippen LogP contribution in [0.3, 0.4) is 0 Å². The van der Waals surface area contributed by atoms with E-state index in [0.717, 1.165) is 24.1 Å². The Kier molecular flexibility index (Phi) is 6.06. The normalized spacial score (nSPS) is 22.3. The molecule has 1 aliphatic carbocycles. The fourth-order valence-electron chi connectivity index (χ4n) is 3.88. The molecule has 1 aromatic carbocycles. The van der Waals surface area contributed by atoms with Crippen LogP contribution in [-0.2, 0) is 19.1 Å². The Bertz CT molecular complexity index is 796. The molecule has 3 rings (SSSR count). The standard InChI is InChI=1S/C21H25NO5/c1-3-26-10-11-27-21(25)18-13(2)22-16-8-5-9-17(24)20(16)19(18)14-6-4-7-15(23)12-14/h4,6-7,12,19-20,23H,3,5,8-11H2,1-2H3. The number of hydrogen-bond donors (Lipinski definition) is 1. The lowest BCUT2D eigenvalue weighted by Gasteiger charge is -2.35. The van der Waals surface area contributed by atoms with Gasteiger partial charge in [0, 0.05) is 30.4 Å². The van der Waals surface area contributed by atoms with Gasteiger partial charge in [0.1, 0.15) is 18.1 Å². The van der Waals surface area contributed by atoms with Crippen molar-refractivity contribution in [2.45, 2.75) is 39.0 Å². The molecular formula is C21H25NO5. The summed E-state index contributed by atoms with van der Waals surface area (Å²) >= 11 is 0. The van der Waals surface area contributed by atoms with Gasteiger partial charge >= 0.3 is 5.97 Å². The molecule has 0 radical (unpaired) electrons. The number of aliphatic imine (C=N–C) groups is 1. The number of Topliss-reactive ketones (excluding diaryl/α,β-unsaturated/α-hetero) is 1. The number of aromatic hydroxyl groups is 1. The summed E-state index contributed by atoms with van der Waals surface area (Å²) in [5, 5.41) is 9.93. The lowest BCUT2D eigenvalue weighted by atomic mass is 9.69. The molecular weight excluding hydrogens is 346 g/mol. The number of carbonyl (C=O) groups excluding carboxylic acids is 2. The van der Waals surface area contributed by atoms with Crippen LogP contribution in [0, 0.1) is 5.92 Å². The average Bonchev–Trinajstić information content (AvgIpc) is 2.64. The van der Waals surface area contributed by atoms with Crippen LogP contribution in [0.5, 0.6) is 5.75 Å². The first-order valence-corrected chi connectivity index (χ1v) is 9.37. The number of ketones is 1. The highest BCUT2D eigenvalue weighted by atomic mass is 16.6. The molecule has 0 saturated heterocycles. The van der Waals surface area contributed by atoms with E-state index in [1.807, 2.05) is 13.0 Å². The highest BCUT2D eigenvalue weighted by Gasteiger charge is 2.43. The molecule has 144 valence electrons.